The van der Waals surface area contributed by atoms with E-state index in [0.29, 0.717) is 16.8 Å². The van der Waals surface area contributed by atoms with Crippen molar-refractivity contribution in [2.45, 2.75) is 18.6 Å². The average Bonchev–Trinajstić information content (AvgIpc) is 2.93. The molecular weight excluding hydrogens is 395 g/mol. The van der Waals surface area contributed by atoms with Crippen LogP contribution in [-0.4, -0.2) is 21.8 Å². The highest BCUT2D eigenvalue weighted by atomic mass is 35.5. The highest BCUT2D eigenvalue weighted by molar-refractivity contribution is 6.31. The van der Waals surface area contributed by atoms with Gasteiger partial charge in [0.15, 0.2) is 11.4 Å². The Labute approximate surface area is 171 Å². The number of carbonyl (C=O) groups is 2. The molecule has 0 aliphatic carbocycles. The first-order valence-corrected chi connectivity index (χ1v) is 9.29. The molecule has 0 radical (unpaired) electrons. The first kappa shape index (κ1) is 19.2. The number of anilines is 1. The predicted molar refractivity (Wildman–Crippen MR) is 106 cm³/mol. The average molecular weight is 411 g/mol. The van der Waals surface area contributed by atoms with Gasteiger partial charge < -0.3 is 10.0 Å². The summed E-state index contributed by atoms with van der Waals surface area (Å²) in [7, 11) is 0. The predicted octanol–water partition coefficient (Wildman–Crippen LogP) is 3.88. The van der Waals surface area contributed by atoms with Crippen LogP contribution in [0.3, 0.4) is 0 Å². The largest absolute Gasteiger partial charge is 0.375 e. The van der Waals surface area contributed by atoms with Crippen LogP contribution in [0.4, 0.5) is 10.1 Å². The molecule has 1 aliphatic heterocycles. The van der Waals surface area contributed by atoms with Gasteiger partial charge in [0.2, 0.25) is 0 Å². The zero-order chi connectivity index (χ0) is 20.6. The number of pyridine rings is 1. The third-order valence-electron chi connectivity index (χ3n) is 5.04. The molecular formula is C22H16ClFN2O3. The van der Waals surface area contributed by atoms with Crippen LogP contribution in [0.1, 0.15) is 27.9 Å². The minimum absolute atomic E-state index is 0.141. The van der Waals surface area contributed by atoms with Crippen LogP contribution in [0.15, 0.2) is 67.0 Å². The fourth-order valence-electron chi connectivity index (χ4n) is 3.55. The van der Waals surface area contributed by atoms with E-state index < -0.39 is 29.5 Å². The second-order valence-corrected chi connectivity index (χ2v) is 7.21. The van der Waals surface area contributed by atoms with E-state index in [1.165, 1.54) is 47.6 Å². The molecule has 3 aromatic rings. The molecule has 0 unspecified atom stereocenters. The van der Waals surface area contributed by atoms with E-state index in [4.69, 9.17) is 11.6 Å². The topological polar surface area (TPSA) is 70.5 Å². The van der Waals surface area contributed by atoms with Crippen LogP contribution >= 0.6 is 11.6 Å². The number of aromatic nitrogens is 1. The molecule has 0 saturated heterocycles. The lowest BCUT2D eigenvalue weighted by molar-refractivity contribution is -0.136. The minimum atomic E-state index is -2.05. The number of ketones is 1. The van der Waals surface area contributed by atoms with E-state index in [1.807, 2.05) is 0 Å². The molecule has 0 saturated carbocycles. The lowest BCUT2D eigenvalue weighted by Gasteiger charge is -2.23. The Hall–Kier alpha value is -3.09. The molecule has 1 aromatic heterocycles. The molecule has 7 heteroatoms. The van der Waals surface area contributed by atoms with Crippen molar-refractivity contribution in [1.29, 1.82) is 0 Å². The second kappa shape index (κ2) is 7.39. The van der Waals surface area contributed by atoms with Gasteiger partial charge in [-0.25, -0.2) is 4.39 Å². The highest BCUT2D eigenvalue weighted by Crippen LogP contribution is 2.44. The molecule has 1 aliphatic rings. The Morgan fingerprint density at radius 2 is 1.83 bits per heavy atom. The van der Waals surface area contributed by atoms with Crippen LogP contribution in [-0.2, 0) is 16.9 Å². The molecule has 29 heavy (non-hydrogen) atoms. The molecule has 1 N–H and O–H groups in total. The van der Waals surface area contributed by atoms with Gasteiger partial charge in [-0.05, 0) is 30.3 Å². The van der Waals surface area contributed by atoms with Gasteiger partial charge in [-0.1, -0.05) is 35.9 Å². The summed E-state index contributed by atoms with van der Waals surface area (Å²) in [5.74, 6) is -1.64. The number of aliphatic hydroxyl groups is 1. The van der Waals surface area contributed by atoms with E-state index >= 15 is 0 Å². The molecule has 2 heterocycles. The summed E-state index contributed by atoms with van der Waals surface area (Å²) >= 11 is 6.12. The normalized spacial score (nSPS) is 18.0. The minimum Gasteiger partial charge on any atom is -0.375 e. The van der Waals surface area contributed by atoms with Crippen molar-refractivity contribution in [3.8, 4) is 0 Å². The number of nitrogens with zero attached hydrogens (tertiary/aromatic N) is 2. The fourth-order valence-corrected chi connectivity index (χ4v) is 3.77. The van der Waals surface area contributed by atoms with Gasteiger partial charge >= 0.3 is 0 Å². The Bertz CT molecular complexity index is 1090. The number of rotatable bonds is 5. The molecule has 4 rings (SSSR count). The number of hydrogen-bond donors (Lipinski definition) is 1. The monoisotopic (exact) mass is 410 g/mol. The number of Topliss-reactive ketones (excluding diaryl/α,β-unsaturated/α-hetero) is 1. The molecule has 5 nitrogen and oxygen atoms in total. The number of benzene rings is 2. The van der Waals surface area contributed by atoms with Crippen molar-refractivity contribution in [3.05, 3.63) is 94.5 Å². The van der Waals surface area contributed by atoms with E-state index in [0.717, 1.165) is 0 Å². The maximum atomic E-state index is 14.3. The first-order chi connectivity index (χ1) is 13.9. The summed E-state index contributed by atoms with van der Waals surface area (Å²) in [6.45, 7) is -0.160. The summed E-state index contributed by atoms with van der Waals surface area (Å²) in [5.41, 5.74) is -0.840. The van der Waals surface area contributed by atoms with E-state index in [-0.39, 0.29) is 17.1 Å². The third-order valence-corrected chi connectivity index (χ3v) is 5.39. The van der Waals surface area contributed by atoms with Gasteiger partial charge in [-0.3, -0.25) is 14.6 Å². The quantitative estimate of drug-likeness (QED) is 0.648. The van der Waals surface area contributed by atoms with Crippen LogP contribution in [0.5, 0.6) is 0 Å². The lowest BCUT2D eigenvalue weighted by Crippen LogP contribution is -2.41. The molecule has 1 atom stereocenters. The third kappa shape index (κ3) is 3.30. The van der Waals surface area contributed by atoms with Gasteiger partial charge in [0.05, 0.1) is 18.7 Å². The molecule has 0 spiro atoms. The first-order valence-electron chi connectivity index (χ1n) is 8.92. The van der Waals surface area contributed by atoms with Gasteiger partial charge in [-0.2, -0.15) is 0 Å². The number of carbonyl (C=O) groups excluding carboxylic acids is 2. The van der Waals surface area contributed by atoms with E-state index in [2.05, 4.69) is 4.98 Å². The number of para-hydroxylation sites is 1. The summed E-state index contributed by atoms with van der Waals surface area (Å²) in [6.07, 6.45) is 2.50. The smallest absolute Gasteiger partial charge is 0.264 e. The molecule has 1 amide bonds. The molecule has 146 valence electrons. The van der Waals surface area contributed by atoms with Crippen molar-refractivity contribution in [1.82, 2.24) is 4.98 Å². The Kier molecular flexibility index (Phi) is 4.90. The fraction of sp³-hybridized carbons (Fsp3) is 0.136. The number of hydrogen-bond acceptors (Lipinski definition) is 4. The molecule has 2 aromatic carbocycles. The second-order valence-electron chi connectivity index (χ2n) is 6.80. The van der Waals surface area contributed by atoms with Crippen LogP contribution in [0, 0.1) is 5.82 Å². The van der Waals surface area contributed by atoms with Crippen LogP contribution in [0.25, 0.3) is 0 Å². The van der Waals surface area contributed by atoms with Crippen molar-refractivity contribution in [2.24, 2.45) is 0 Å². The summed E-state index contributed by atoms with van der Waals surface area (Å²) in [5, 5.41) is 11.5. The zero-order valence-electron chi connectivity index (χ0n) is 15.2. The van der Waals surface area contributed by atoms with E-state index in [9.17, 15) is 19.1 Å². The Morgan fingerprint density at radius 1 is 1.10 bits per heavy atom. The van der Waals surface area contributed by atoms with Crippen molar-refractivity contribution < 1.29 is 19.1 Å². The molecule has 0 fully saturated rings. The van der Waals surface area contributed by atoms with Gasteiger partial charge in [0.25, 0.3) is 5.91 Å². The number of halogens is 2. The van der Waals surface area contributed by atoms with Gasteiger partial charge in [0.1, 0.15) is 5.82 Å². The van der Waals surface area contributed by atoms with Crippen LogP contribution in [0.2, 0.25) is 5.02 Å². The zero-order valence-corrected chi connectivity index (χ0v) is 15.9. The van der Waals surface area contributed by atoms with Gasteiger partial charge in [-0.15, -0.1) is 0 Å². The van der Waals surface area contributed by atoms with Crippen molar-refractivity contribution >= 4 is 29.0 Å². The maximum Gasteiger partial charge on any atom is 0.264 e. The SMILES string of the molecule is O=C(C[C@]1(O)C(=O)N(Cc2c(F)cccc2Cl)c2ccccc21)c1ccncc1. The van der Waals surface area contributed by atoms with Crippen molar-refractivity contribution in [3.63, 3.8) is 0 Å². The number of fused-ring (bicyclic) bond motifs is 1. The summed E-state index contributed by atoms with van der Waals surface area (Å²) < 4.78 is 14.3. The van der Waals surface area contributed by atoms with E-state index in [1.54, 1.807) is 24.3 Å². The maximum absolute atomic E-state index is 14.3. The standard InChI is InChI=1S/C22H16ClFN2O3/c23-17-5-3-6-18(24)15(17)13-26-19-7-2-1-4-16(19)22(29,21(26)28)12-20(27)14-8-10-25-11-9-14/h1-11,29H,12-13H2/t22-/m1/s1. The van der Waals surface area contributed by atoms with Crippen LogP contribution < -0.4 is 4.90 Å². The van der Waals surface area contributed by atoms with Gasteiger partial charge in [0, 0.05) is 34.1 Å². The Balaban J connectivity index is 1.72. The highest BCUT2D eigenvalue weighted by Gasteiger charge is 2.51. The lowest BCUT2D eigenvalue weighted by atomic mass is 9.88. The summed E-state index contributed by atoms with van der Waals surface area (Å²) in [6, 6.07) is 13.9. The van der Waals surface area contributed by atoms with Crippen molar-refractivity contribution in [2.75, 3.05) is 4.90 Å². The Morgan fingerprint density at radius 3 is 2.55 bits per heavy atom. The number of amides is 1. The summed E-state index contributed by atoms with van der Waals surface area (Å²) in [4.78, 5) is 31.0. The molecule has 0 bridgehead atoms.